The highest BCUT2D eigenvalue weighted by atomic mass is 16.6. The third-order valence-corrected chi connectivity index (χ3v) is 4.34. The van der Waals surface area contributed by atoms with E-state index in [0.29, 0.717) is 5.57 Å². The molecule has 6 nitrogen and oxygen atoms in total. The molecule has 6 heteroatoms. The molecular formula is C22H27NO5. The summed E-state index contributed by atoms with van der Waals surface area (Å²) in [6.07, 6.45) is -0.544. The molecule has 2 rings (SSSR count). The third kappa shape index (κ3) is 4.90. The molecule has 0 aliphatic carbocycles. The summed E-state index contributed by atoms with van der Waals surface area (Å²) >= 11 is 0. The number of esters is 1. The van der Waals surface area contributed by atoms with Gasteiger partial charge in [0.1, 0.15) is 17.4 Å². The number of carbonyl (C=O) groups excluding carboxylic acids is 3. The fraction of sp³-hybridized carbons (Fsp3) is 0.455. The van der Waals surface area contributed by atoms with E-state index in [1.54, 1.807) is 27.7 Å². The van der Waals surface area contributed by atoms with E-state index in [1.807, 2.05) is 30.3 Å². The molecule has 1 aromatic rings. The van der Waals surface area contributed by atoms with Crippen molar-refractivity contribution in [2.45, 2.75) is 45.8 Å². The highest BCUT2D eigenvalue weighted by molar-refractivity contribution is 6.01. The lowest BCUT2D eigenvalue weighted by Gasteiger charge is -2.39. The summed E-state index contributed by atoms with van der Waals surface area (Å²) in [6.45, 7) is 10.9. The lowest BCUT2D eigenvalue weighted by atomic mass is 9.79. The van der Waals surface area contributed by atoms with Gasteiger partial charge in [0, 0.05) is 18.5 Å². The summed E-state index contributed by atoms with van der Waals surface area (Å²) < 4.78 is 10.7. The van der Waals surface area contributed by atoms with Crippen LogP contribution in [0.2, 0.25) is 0 Å². The monoisotopic (exact) mass is 385 g/mol. The van der Waals surface area contributed by atoms with Crippen molar-refractivity contribution < 1.29 is 23.9 Å². The van der Waals surface area contributed by atoms with Gasteiger partial charge in [-0.15, -0.1) is 5.73 Å². The zero-order valence-corrected chi connectivity index (χ0v) is 16.9. The minimum Gasteiger partial charge on any atom is -0.464 e. The van der Waals surface area contributed by atoms with Gasteiger partial charge in [0.25, 0.3) is 0 Å². The Morgan fingerprint density at radius 1 is 1.25 bits per heavy atom. The van der Waals surface area contributed by atoms with Gasteiger partial charge in [0.2, 0.25) is 0 Å². The second-order valence-corrected chi connectivity index (χ2v) is 7.52. The third-order valence-electron chi connectivity index (χ3n) is 4.34. The van der Waals surface area contributed by atoms with Crippen molar-refractivity contribution in [3.63, 3.8) is 0 Å². The Kier molecular flexibility index (Phi) is 6.81. The van der Waals surface area contributed by atoms with Gasteiger partial charge in [-0.2, -0.15) is 0 Å². The van der Waals surface area contributed by atoms with E-state index in [-0.39, 0.29) is 25.4 Å². The van der Waals surface area contributed by atoms with Crippen LogP contribution in [0.15, 0.2) is 42.6 Å². The number of piperidine rings is 1. The maximum absolute atomic E-state index is 12.9. The van der Waals surface area contributed by atoms with Crippen molar-refractivity contribution in [1.82, 2.24) is 4.90 Å². The van der Waals surface area contributed by atoms with Crippen LogP contribution in [0, 0.1) is 5.92 Å². The highest BCUT2D eigenvalue weighted by Gasteiger charge is 2.47. The number of benzene rings is 1. The maximum atomic E-state index is 12.9. The van der Waals surface area contributed by atoms with Crippen LogP contribution in [0.5, 0.6) is 0 Å². The van der Waals surface area contributed by atoms with Crippen molar-refractivity contribution in [2.24, 2.45) is 5.92 Å². The SMILES string of the molecule is C=C=C(c1ccccc1)C1C(=O)CCN(C(=O)OC(C)(C)C)[C@@H]1C(=O)OCC. The standard InChI is InChI=1S/C22H27NO5/c1-6-16(15-11-9-8-10-12-15)18-17(24)13-14-23(19(18)20(25)27-7-2)21(26)28-22(3,4)5/h8-12,18-19H,1,7,13-14H2,2-5H3/t18?,19-/m0/s1. The second kappa shape index (κ2) is 8.89. The van der Waals surface area contributed by atoms with Crippen molar-refractivity contribution in [2.75, 3.05) is 13.2 Å². The topological polar surface area (TPSA) is 72.9 Å². The number of ketones is 1. The molecule has 1 heterocycles. The van der Waals surface area contributed by atoms with Crippen LogP contribution in [0.25, 0.3) is 5.57 Å². The number of nitrogens with zero attached hydrogens (tertiary/aromatic N) is 1. The van der Waals surface area contributed by atoms with Gasteiger partial charge in [-0.1, -0.05) is 36.9 Å². The van der Waals surface area contributed by atoms with Gasteiger partial charge in [0.15, 0.2) is 0 Å². The van der Waals surface area contributed by atoms with Crippen LogP contribution in [0.3, 0.4) is 0 Å². The van der Waals surface area contributed by atoms with Crippen molar-refractivity contribution >= 4 is 23.4 Å². The largest absolute Gasteiger partial charge is 0.464 e. The van der Waals surface area contributed by atoms with Crippen LogP contribution in [-0.2, 0) is 19.1 Å². The van der Waals surface area contributed by atoms with Crippen molar-refractivity contribution in [3.05, 3.63) is 48.2 Å². The van der Waals surface area contributed by atoms with Crippen molar-refractivity contribution in [3.8, 4) is 0 Å². The summed E-state index contributed by atoms with van der Waals surface area (Å²) in [5.41, 5.74) is 3.27. The Labute approximate surface area is 165 Å². The minimum absolute atomic E-state index is 0.0902. The number of rotatable bonds is 4. The van der Waals surface area contributed by atoms with Crippen molar-refractivity contribution in [1.29, 1.82) is 0 Å². The fourth-order valence-corrected chi connectivity index (χ4v) is 3.23. The molecule has 0 radical (unpaired) electrons. The van der Waals surface area contributed by atoms with E-state index in [4.69, 9.17) is 9.47 Å². The van der Waals surface area contributed by atoms with E-state index < -0.39 is 29.6 Å². The first-order valence-corrected chi connectivity index (χ1v) is 9.34. The van der Waals surface area contributed by atoms with E-state index in [0.717, 1.165) is 5.56 Å². The van der Waals surface area contributed by atoms with E-state index in [2.05, 4.69) is 12.3 Å². The lowest BCUT2D eigenvalue weighted by molar-refractivity contribution is -0.154. The Hall–Kier alpha value is -2.85. The van der Waals surface area contributed by atoms with Gasteiger partial charge < -0.3 is 9.47 Å². The van der Waals surface area contributed by atoms with Gasteiger partial charge in [-0.05, 0) is 33.3 Å². The minimum atomic E-state index is -1.12. The van der Waals surface area contributed by atoms with Crippen LogP contribution < -0.4 is 0 Å². The fourth-order valence-electron chi connectivity index (χ4n) is 3.23. The Bertz CT molecular complexity index is 787. The summed E-state index contributed by atoms with van der Waals surface area (Å²) in [5.74, 6) is -1.72. The molecule has 1 aliphatic rings. The number of Topliss-reactive ketones (excluding diaryl/α,β-unsaturated/α-hetero) is 1. The van der Waals surface area contributed by atoms with E-state index in [1.165, 1.54) is 4.90 Å². The number of likely N-dealkylation sites (tertiary alicyclic amines) is 1. The Morgan fingerprint density at radius 2 is 1.89 bits per heavy atom. The number of carbonyl (C=O) groups is 3. The molecule has 150 valence electrons. The average Bonchev–Trinajstić information content (AvgIpc) is 2.63. The normalized spacial score (nSPS) is 19.6. The molecule has 1 unspecified atom stereocenters. The second-order valence-electron chi connectivity index (χ2n) is 7.52. The molecule has 1 fully saturated rings. The van der Waals surface area contributed by atoms with Gasteiger partial charge in [-0.3, -0.25) is 9.69 Å². The van der Waals surface area contributed by atoms with E-state index in [9.17, 15) is 14.4 Å². The molecule has 1 saturated heterocycles. The molecule has 0 bridgehead atoms. The molecule has 0 N–H and O–H groups in total. The lowest BCUT2D eigenvalue weighted by Crippen LogP contribution is -2.57. The zero-order valence-electron chi connectivity index (χ0n) is 16.9. The molecule has 0 saturated carbocycles. The summed E-state index contributed by atoms with van der Waals surface area (Å²) in [6, 6.07) is 8.00. The maximum Gasteiger partial charge on any atom is 0.411 e. The predicted molar refractivity (Wildman–Crippen MR) is 105 cm³/mol. The number of hydrogen-bond acceptors (Lipinski definition) is 5. The van der Waals surface area contributed by atoms with Crippen LogP contribution in [-0.4, -0.2) is 47.5 Å². The quantitative estimate of drug-likeness (QED) is 0.585. The molecule has 0 aromatic heterocycles. The van der Waals surface area contributed by atoms with Crippen LogP contribution in [0.1, 0.15) is 39.7 Å². The smallest absolute Gasteiger partial charge is 0.411 e. The molecule has 2 atom stereocenters. The van der Waals surface area contributed by atoms with Crippen LogP contribution >= 0.6 is 0 Å². The molecule has 1 aromatic carbocycles. The van der Waals surface area contributed by atoms with Gasteiger partial charge in [-0.25, -0.2) is 9.59 Å². The zero-order chi connectivity index (χ0) is 20.9. The van der Waals surface area contributed by atoms with Gasteiger partial charge >= 0.3 is 12.1 Å². The molecule has 1 aliphatic heterocycles. The van der Waals surface area contributed by atoms with Crippen LogP contribution in [0.4, 0.5) is 4.79 Å². The molecular weight excluding hydrogens is 358 g/mol. The number of amides is 1. The predicted octanol–water partition coefficient (Wildman–Crippen LogP) is 3.61. The van der Waals surface area contributed by atoms with Gasteiger partial charge in [0.05, 0.1) is 12.5 Å². The molecule has 28 heavy (non-hydrogen) atoms. The number of ether oxygens (including phenoxy) is 2. The molecule has 0 spiro atoms. The molecule has 1 amide bonds. The Morgan fingerprint density at radius 3 is 2.43 bits per heavy atom. The highest BCUT2D eigenvalue weighted by Crippen LogP contribution is 2.34. The average molecular weight is 385 g/mol. The first-order valence-electron chi connectivity index (χ1n) is 9.34. The summed E-state index contributed by atoms with van der Waals surface area (Å²) in [5, 5.41) is 0. The van der Waals surface area contributed by atoms with E-state index >= 15 is 0 Å². The summed E-state index contributed by atoms with van der Waals surface area (Å²) in [7, 11) is 0. The number of hydrogen-bond donors (Lipinski definition) is 0. The first-order chi connectivity index (χ1) is 13.2. The summed E-state index contributed by atoms with van der Waals surface area (Å²) in [4.78, 5) is 39.7. The Balaban J connectivity index is 2.50. The first kappa shape index (κ1) is 21.5.